The van der Waals surface area contributed by atoms with Crippen LogP contribution in [0.5, 0.6) is 0 Å². The molecular formula is C30H46O3. The number of carboxylic acid groups (broad SMARTS) is 1. The van der Waals surface area contributed by atoms with Gasteiger partial charge in [0.15, 0.2) is 0 Å². The quantitative estimate of drug-likeness (QED) is 0.442. The van der Waals surface area contributed by atoms with E-state index in [0.717, 1.165) is 57.8 Å². The van der Waals surface area contributed by atoms with Crippen molar-refractivity contribution in [2.75, 3.05) is 0 Å². The molecule has 3 heteroatoms. The number of hydrogen-bond donors (Lipinski definition) is 2. The van der Waals surface area contributed by atoms with Gasteiger partial charge in [-0.15, -0.1) is 0 Å². The Labute approximate surface area is 201 Å². The standard InChI is InChI=1S/C30H46O3/c1-25(2)14-16-30(24(32)33)17-15-28(6)19(20(30)18-25)8-9-22-27(5)12-11-23(31)26(3,4)21(27)10-13-29(22,28)7/h8-9,21-23,31H,10-18H2,1-7H3,(H,32,33)/t21-,22+,23-,27-,28+,29+,30-/m0/s1. The van der Waals surface area contributed by atoms with Gasteiger partial charge >= 0.3 is 5.97 Å². The molecule has 0 aromatic carbocycles. The van der Waals surface area contributed by atoms with E-state index in [-0.39, 0.29) is 33.2 Å². The van der Waals surface area contributed by atoms with Crippen molar-refractivity contribution in [3.8, 4) is 0 Å². The summed E-state index contributed by atoms with van der Waals surface area (Å²) in [7, 11) is 0. The number of fused-ring (bicyclic) bond motifs is 6. The fraction of sp³-hybridized carbons (Fsp3) is 0.833. The average molecular weight is 455 g/mol. The molecule has 7 atom stereocenters. The second kappa shape index (κ2) is 6.77. The topological polar surface area (TPSA) is 57.5 Å². The number of aliphatic hydroxyl groups excluding tert-OH is 1. The minimum atomic E-state index is -0.657. The third-order valence-corrected chi connectivity index (χ3v) is 12.4. The molecule has 0 radical (unpaired) electrons. The highest BCUT2D eigenvalue weighted by Gasteiger charge is 2.67. The fourth-order valence-corrected chi connectivity index (χ4v) is 9.94. The Bertz CT molecular complexity index is 940. The lowest BCUT2D eigenvalue weighted by molar-refractivity contribution is -0.183. The number of carbonyl (C=O) groups is 1. The van der Waals surface area contributed by atoms with E-state index in [1.165, 1.54) is 11.1 Å². The Kier molecular flexibility index (Phi) is 4.85. The Morgan fingerprint density at radius 3 is 2.24 bits per heavy atom. The summed E-state index contributed by atoms with van der Waals surface area (Å²) in [6, 6.07) is 0. The molecule has 5 aliphatic rings. The van der Waals surface area contributed by atoms with Crippen molar-refractivity contribution in [1.29, 1.82) is 0 Å². The van der Waals surface area contributed by atoms with E-state index in [1.54, 1.807) is 0 Å². The van der Waals surface area contributed by atoms with Gasteiger partial charge in [0.2, 0.25) is 0 Å². The highest BCUT2D eigenvalue weighted by Crippen LogP contribution is 2.74. The largest absolute Gasteiger partial charge is 0.481 e. The third-order valence-electron chi connectivity index (χ3n) is 12.4. The number of allylic oxidation sites excluding steroid dienone is 3. The second-order valence-corrected chi connectivity index (χ2v) is 14.7. The van der Waals surface area contributed by atoms with Crippen LogP contribution in [-0.2, 0) is 4.79 Å². The maximum absolute atomic E-state index is 12.7. The Hall–Kier alpha value is -1.09. The van der Waals surface area contributed by atoms with Gasteiger partial charge < -0.3 is 10.2 Å². The molecule has 0 amide bonds. The van der Waals surface area contributed by atoms with Gasteiger partial charge in [0.05, 0.1) is 11.5 Å². The van der Waals surface area contributed by atoms with E-state index in [4.69, 9.17) is 0 Å². The van der Waals surface area contributed by atoms with Crippen molar-refractivity contribution < 1.29 is 15.0 Å². The van der Waals surface area contributed by atoms with Crippen molar-refractivity contribution >= 4 is 5.97 Å². The van der Waals surface area contributed by atoms with Gasteiger partial charge in [0.1, 0.15) is 0 Å². The molecule has 2 N–H and O–H groups in total. The number of rotatable bonds is 1. The molecule has 0 saturated heterocycles. The van der Waals surface area contributed by atoms with Gasteiger partial charge in [-0.25, -0.2) is 0 Å². The van der Waals surface area contributed by atoms with Gasteiger partial charge in [0, 0.05) is 0 Å². The van der Waals surface area contributed by atoms with Crippen molar-refractivity contribution in [2.45, 2.75) is 112 Å². The van der Waals surface area contributed by atoms with Crippen molar-refractivity contribution in [3.63, 3.8) is 0 Å². The molecule has 0 bridgehead atoms. The first-order valence-electron chi connectivity index (χ1n) is 13.5. The molecule has 184 valence electrons. The van der Waals surface area contributed by atoms with Crippen LogP contribution >= 0.6 is 0 Å². The SMILES string of the molecule is CC1(C)CC[C@]2(C(=O)O)CC[C@]3(C)C(=C2C1)C=C[C@@H]1[C@@]2(C)CC[C@H](O)C(C)(C)[C@@H]2CC[C@]13C. The van der Waals surface area contributed by atoms with Crippen LogP contribution in [0.3, 0.4) is 0 Å². The summed E-state index contributed by atoms with van der Waals surface area (Å²) in [4.78, 5) is 12.7. The monoisotopic (exact) mass is 454 g/mol. The molecule has 0 aromatic heterocycles. The number of carboxylic acids is 1. The molecule has 5 rings (SSSR count). The number of aliphatic carboxylic acids is 1. The zero-order chi connectivity index (χ0) is 24.2. The zero-order valence-electron chi connectivity index (χ0n) is 22.1. The van der Waals surface area contributed by atoms with E-state index in [9.17, 15) is 15.0 Å². The molecule has 0 unspecified atom stereocenters. The van der Waals surface area contributed by atoms with Crippen LogP contribution in [0, 0.1) is 44.3 Å². The molecular weight excluding hydrogens is 408 g/mol. The lowest BCUT2D eigenvalue weighted by atomic mass is 9.35. The van der Waals surface area contributed by atoms with Crippen LogP contribution in [0.2, 0.25) is 0 Å². The fourth-order valence-electron chi connectivity index (χ4n) is 9.94. The predicted octanol–water partition coefficient (Wildman–Crippen LogP) is 7.15. The maximum atomic E-state index is 12.7. The van der Waals surface area contributed by atoms with Crippen LogP contribution < -0.4 is 0 Å². The van der Waals surface area contributed by atoms with Gasteiger partial charge in [-0.3, -0.25) is 4.79 Å². The van der Waals surface area contributed by atoms with E-state index in [2.05, 4.69) is 60.6 Å². The van der Waals surface area contributed by atoms with Crippen LogP contribution in [0.15, 0.2) is 23.3 Å². The molecule has 3 nitrogen and oxygen atoms in total. The smallest absolute Gasteiger partial charge is 0.313 e. The molecule has 33 heavy (non-hydrogen) atoms. The summed E-state index contributed by atoms with van der Waals surface area (Å²) in [6.07, 6.45) is 13.4. The first-order valence-corrected chi connectivity index (χ1v) is 13.5. The van der Waals surface area contributed by atoms with Crippen molar-refractivity contribution in [1.82, 2.24) is 0 Å². The maximum Gasteiger partial charge on any atom is 0.313 e. The summed E-state index contributed by atoms with van der Waals surface area (Å²) in [5.74, 6) is 0.394. The molecule has 0 aromatic rings. The first-order chi connectivity index (χ1) is 15.1. The molecule has 0 heterocycles. The number of aliphatic hydroxyl groups is 1. The lowest BCUT2D eigenvalue weighted by Crippen LogP contribution is -2.63. The summed E-state index contributed by atoms with van der Waals surface area (Å²) < 4.78 is 0. The van der Waals surface area contributed by atoms with Gasteiger partial charge in [-0.2, -0.15) is 0 Å². The molecule has 3 fully saturated rings. The van der Waals surface area contributed by atoms with E-state index >= 15 is 0 Å². The Balaban J connectivity index is 1.68. The summed E-state index contributed by atoms with van der Waals surface area (Å²) >= 11 is 0. The van der Waals surface area contributed by atoms with Gasteiger partial charge in [-0.05, 0) is 108 Å². The Morgan fingerprint density at radius 1 is 0.909 bits per heavy atom. The zero-order valence-corrected chi connectivity index (χ0v) is 22.1. The second-order valence-electron chi connectivity index (χ2n) is 14.7. The van der Waals surface area contributed by atoms with Gasteiger partial charge in [0.25, 0.3) is 0 Å². The van der Waals surface area contributed by atoms with Crippen LogP contribution in [0.1, 0.15) is 106 Å². The van der Waals surface area contributed by atoms with E-state index in [0.29, 0.717) is 11.8 Å². The Morgan fingerprint density at radius 2 is 1.58 bits per heavy atom. The van der Waals surface area contributed by atoms with Gasteiger partial charge in [-0.1, -0.05) is 60.6 Å². The van der Waals surface area contributed by atoms with Crippen molar-refractivity contribution in [3.05, 3.63) is 23.3 Å². The number of hydrogen-bond acceptors (Lipinski definition) is 2. The summed E-state index contributed by atoms with van der Waals surface area (Å²) in [5.41, 5.74) is 2.40. The molecule has 0 spiro atoms. The minimum Gasteiger partial charge on any atom is -0.481 e. The highest BCUT2D eigenvalue weighted by molar-refractivity contribution is 5.80. The molecule has 0 aliphatic heterocycles. The van der Waals surface area contributed by atoms with Crippen LogP contribution in [0.4, 0.5) is 0 Å². The highest BCUT2D eigenvalue weighted by atomic mass is 16.4. The minimum absolute atomic E-state index is 0.0162. The van der Waals surface area contributed by atoms with Crippen molar-refractivity contribution in [2.24, 2.45) is 44.3 Å². The summed E-state index contributed by atoms with van der Waals surface area (Å²) in [5, 5.41) is 21.3. The van der Waals surface area contributed by atoms with Crippen LogP contribution in [0.25, 0.3) is 0 Å². The third kappa shape index (κ3) is 2.81. The van der Waals surface area contributed by atoms with E-state index < -0.39 is 11.4 Å². The summed E-state index contributed by atoms with van der Waals surface area (Å²) in [6.45, 7) is 16.7. The average Bonchev–Trinajstić information content (AvgIpc) is 2.71. The molecule has 5 aliphatic carbocycles. The molecule has 3 saturated carbocycles. The van der Waals surface area contributed by atoms with Crippen LogP contribution in [-0.4, -0.2) is 22.3 Å². The predicted molar refractivity (Wildman–Crippen MR) is 133 cm³/mol. The first kappa shape index (κ1) is 23.6. The lowest BCUT2D eigenvalue weighted by Gasteiger charge is -2.69. The normalized spacial score (nSPS) is 50.0. The van der Waals surface area contributed by atoms with E-state index in [1.807, 2.05) is 0 Å².